The maximum atomic E-state index is 13.7. The summed E-state index contributed by atoms with van der Waals surface area (Å²) in [4.78, 5) is 17.9. The predicted octanol–water partition coefficient (Wildman–Crippen LogP) is 4.01. The minimum absolute atomic E-state index is 0.0902. The summed E-state index contributed by atoms with van der Waals surface area (Å²) in [5.41, 5.74) is 1.52. The molecule has 1 saturated heterocycles. The van der Waals surface area contributed by atoms with Crippen molar-refractivity contribution >= 4 is 26.3 Å². The van der Waals surface area contributed by atoms with E-state index in [2.05, 4.69) is 4.90 Å². The summed E-state index contributed by atoms with van der Waals surface area (Å²) in [5.74, 6) is 0.826. The molecule has 3 heterocycles. The highest BCUT2D eigenvalue weighted by atomic mass is 32.3. The van der Waals surface area contributed by atoms with Crippen molar-refractivity contribution in [2.75, 3.05) is 38.7 Å². The fourth-order valence-corrected chi connectivity index (χ4v) is 9.79. The van der Waals surface area contributed by atoms with Crippen molar-refractivity contribution in [3.05, 3.63) is 83.4 Å². The lowest BCUT2D eigenvalue weighted by atomic mass is 10.0. The molecule has 38 heavy (non-hydrogen) atoms. The van der Waals surface area contributed by atoms with Crippen molar-refractivity contribution in [1.82, 2.24) is 9.80 Å². The van der Waals surface area contributed by atoms with Crippen LogP contribution in [0.3, 0.4) is 0 Å². The Bertz CT molecular complexity index is 1490. The Balaban J connectivity index is 1.22. The van der Waals surface area contributed by atoms with E-state index in [-0.39, 0.29) is 39.4 Å². The van der Waals surface area contributed by atoms with Gasteiger partial charge in [-0.3, -0.25) is 18.8 Å². The summed E-state index contributed by atoms with van der Waals surface area (Å²) in [6.07, 6.45) is 0. The van der Waals surface area contributed by atoms with Gasteiger partial charge < -0.3 is 14.4 Å². The van der Waals surface area contributed by atoms with E-state index in [0.717, 1.165) is 17.1 Å². The molecule has 0 aliphatic carbocycles. The van der Waals surface area contributed by atoms with Gasteiger partial charge in [-0.2, -0.15) is 10.6 Å². The van der Waals surface area contributed by atoms with E-state index in [1.807, 2.05) is 18.2 Å². The molecule has 2 N–H and O–H groups in total. The second kappa shape index (κ2) is 9.58. The van der Waals surface area contributed by atoms with E-state index in [4.69, 9.17) is 9.47 Å². The summed E-state index contributed by atoms with van der Waals surface area (Å²) in [6, 6.07) is 18.5. The average Bonchev–Trinajstić information content (AvgIpc) is 3.51. The quantitative estimate of drug-likeness (QED) is 0.484. The second-order valence-electron chi connectivity index (χ2n) is 9.65. The van der Waals surface area contributed by atoms with Crippen LogP contribution in [0.25, 0.3) is 0 Å². The van der Waals surface area contributed by atoms with Crippen molar-refractivity contribution < 1.29 is 31.8 Å². The molecule has 0 radical (unpaired) electrons. The highest BCUT2D eigenvalue weighted by molar-refractivity contribution is 8.25. The number of carbonyl (C=O) groups excluding carboxylic acids is 1. The van der Waals surface area contributed by atoms with Gasteiger partial charge in [-0.25, -0.2) is 8.42 Å². The van der Waals surface area contributed by atoms with Gasteiger partial charge in [0.1, 0.15) is 5.25 Å². The molecule has 6 rings (SSSR count). The molecule has 1 atom stereocenters. The third-order valence-electron chi connectivity index (χ3n) is 7.30. The van der Waals surface area contributed by atoms with Gasteiger partial charge in [0, 0.05) is 43.9 Å². The van der Waals surface area contributed by atoms with Gasteiger partial charge in [-0.05, 0) is 42.0 Å². The third-order valence-corrected chi connectivity index (χ3v) is 11.5. The number of rotatable bonds is 5. The molecule has 200 valence electrons. The first-order valence-electron chi connectivity index (χ1n) is 12.3. The van der Waals surface area contributed by atoms with Gasteiger partial charge in [0.25, 0.3) is 5.91 Å². The fraction of sp³-hybridized carbons (Fsp3) is 0.296. The third kappa shape index (κ3) is 4.44. The largest absolute Gasteiger partial charge is 0.454 e. The number of benzene rings is 3. The molecule has 0 bridgehead atoms. The number of nitrogens with zero attached hydrogens (tertiary/aromatic N) is 2. The van der Waals surface area contributed by atoms with Crippen molar-refractivity contribution in [2.24, 2.45) is 0 Å². The Morgan fingerprint density at radius 1 is 0.921 bits per heavy atom. The Labute approximate surface area is 222 Å². The zero-order valence-electron chi connectivity index (χ0n) is 20.5. The monoisotopic (exact) mass is 556 g/mol. The van der Waals surface area contributed by atoms with Crippen LogP contribution in [0, 0.1) is 0 Å². The molecule has 3 aromatic rings. The first kappa shape index (κ1) is 25.2. The second-order valence-corrected chi connectivity index (χ2v) is 13.9. The molecule has 3 aliphatic heterocycles. The van der Waals surface area contributed by atoms with Crippen LogP contribution in [0.4, 0.5) is 0 Å². The number of piperazine rings is 1. The summed E-state index contributed by atoms with van der Waals surface area (Å²) >= 11 is 0. The molecule has 9 nitrogen and oxygen atoms in total. The molecule has 0 spiro atoms. The molecule has 1 fully saturated rings. The van der Waals surface area contributed by atoms with Crippen molar-refractivity contribution in [1.29, 1.82) is 0 Å². The van der Waals surface area contributed by atoms with Gasteiger partial charge >= 0.3 is 0 Å². The van der Waals surface area contributed by atoms with Crippen LogP contribution in [0.1, 0.15) is 26.7 Å². The van der Waals surface area contributed by atoms with E-state index in [1.54, 1.807) is 35.2 Å². The highest BCUT2D eigenvalue weighted by Gasteiger charge is 2.45. The molecule has 11 heteroatoms. The number of amides is 1. The Morgan fingerprint density at radius 2 is 1.66 bits per heavy atom. The average molecular weight is 557 g/mol. The first-order valence-corrected chi connectivity index (χ1v) is 15.6. The number of carbonyl (C=O) groups is 1. The van der Waals surface area contributed by atoms with Gasteiger partial charge in [0.15, 0.2) is 21.3 Å². The Morgan fingerprint density at radius 3 is 2.42 bits per heavy atom. The van der Waals surface area contributed by atoms with Gasteiger partial charge in [-0.15, -0.1) is 0 Å². The van der Waals surface area contributed by atoms with E-state index in [0.29, 0.717) is 32.7 Å². The normalized spacial score (nSPS) is 21.2. The summed E-state index contributed by atoms with van der Waals surface area (Å²) in [5, 5.41) is -1.21. The van der Waals surface area contributed by atoms with Gasteiger partial charge in [0.05, 0.1) is 15.5 Å². The first-order chi connectivity index (χ1) is 18.2. The lowest BCUT2D eigenvalue weighted by Gasteiger charge is -2.35. The van der Waals surface area contributed by atoms with E-state index >= 15 is 0 Å². The van der Waals surface area contributed by atoms with Crippen molar-refractivity contribution in [3.8, 4) is 11.5 Å². The standard InChI is InChI=1S/C27H28N2O7S2/c30-27(29-13-11-28(12-14-29)16-19-9-10-22-23(15-19)36-18-35-22)21-7-4-8-24-26(21)25(17-37(24,31)32)38(33,34)20-5-2-1-3-6-20/h1-10,15,25,31-32H,11-14,16-18H2. The lowest BCUT2D eigenvalue weighted by Crippen LogP contribution is -2.48. The molecule has 1 amide bonds. The van der Waals surface area contributed by atoms with E-state index in [9.17, 15) is 22.3 Å². The highest BCUT2D eigenvalue weighted by Crippen LogP contribution is 2.62. The SMILES string of the molecule is O=C(c1cccc2c1C(S(=O)(=O)c1ccccc1)CS2(O)O)N1CCN(Cc2ccc3c(c2)OCO3)CC1. The zero-order chi connectivity index (χ0) is 26.5. The predicted molar refractivity (Wildman–Crippen MR) is 143 cm³/mol. The van der Waals surface area contributed by atoms with Crippen LogP contribution in [0.2, 0.25) is 0 Å². The number of fused-ring (bicyclic) bond motifs is 2. The smallest absolute Gasteiger partial charge is 0.254 e. The Hall–Kier alpha value is -3.09. The van der Waals surface area contributed by atoms with Gasteiger partial charge in [-0.1, -0.05) is 30.3 Å². The number of sulfone groups is 1. The van der Waals surface area contributed by atoms with Crippen LogP contribution in [-0.4, -0.2) is 72.0 Å². The zero-order valence-corrected chi connectivity index (χ0v) is 22.2. The minimum Gasteiger partial charge on any atom is -0.454 e. The van der Waals surface area contributed by atoms with Gasteiger partial charge in [0.2, 0.25) is 6.79 Å². The van der Waals surface area contributed by atoms with E-state index < -0.39 is 25.7 Å². The molecule has 0 saturated carbocycles. The van der Waals surface area contributed by atoms with Crippen LogP contribution < -0.4 is 9.47 Å². The summed E-state index contributed by atoms with van der Waals surface area (Å²) in [6.45, 7) is 3.17. The molecular weight excluding hydrogens is 528 g/mol. The van der Waals surface area contributed by atoms with Crippen LogP contribution in [0.5, 0.6) is 11.5 Å². The minimum atomic E-state index is -3.95. The maximum absolute atomic E-state index is 13.7. The molecule has 0 aromatic heterocycles. The van der Waals surface area contributed by atoms with Crippen LogP contribution >= 0.6 is 10.6 Å². The lowest BCUT2D eigenvalue weighted by molar-refractivity contribution is 0.0627. The summed E-state index contributed by atoms with van der Waals surface area (Å²) in [7, 11) is -7.31. The van der Waals surface area contributed by atoms with Crippen LogP contribution in [0.15, 0.2) is 76.5 Å². The topological polar surface area (TPSA) is 117 Å². The molecule has 3 aromatic carbocycles. The summed E-state index contributed by atoms with van der Waals surface area (Å²) < 4.78 is 59.6. The van der Waals surface area contributed by atoms with E-state index in [1.165, 1.54) is 18.2 Å². The molecular formula is C27H28N2O7S2. The molecule has 1 unspecified atom stereocenters. The van der Waals surface area contributed by atoms with Crippen LogP contribution in [-0.2, 0) is 16.4 Å². The molecule has 3 aliphatic rings. The van der Waals surface area contributed by atoms with Crippen molar-refractivity contribution in [3.63, 3.8) is 0 Å². The number of ether oxygens (including phenoxy) is 2. The Kier molecular flexibility index (Phi) is 6.36. The number of hydrogen-bond donors (Lipinski definition) is 2. The maximum Gasteiger partial charge on any atom is 0.254 e. The number of hydrogen-bond acceptors (Lipinski definition) is 8. The van der Waals surface area contributed by atoms with Crippen molar-refractivity contribution in [2.45, 2.75) is 21.6 Å². The fourth-order valence-electron chi connectivity index (χ4n) is 5.33.